The van der Waals surface area contributed by atoms with Gasteiger partial charge in [-0.25, -0.2) is 0 Å². The van der Waals surface area contributed by atoms with Crippen LogP contribution in [0.25, 0.3) is 0 Å². The molecule has 0 fully saturated rings. The molecule has 2 rings (SSSR count). The average Bonchev–Trinajstić information content (AvgIpc) is 2.27. The second kappa shape index (κ2) is 2.56. The Hall–Kier alpha value is -0.422. The van der Waals surface area contributed by atoms with E-state index in [1.54, 1.807) is 0 Å². The summed E-state index contributed by atoms with van der Waals surface area (Å²) >= 11 is 2.73. The molecule has 1 aromatic rings. The molecular formula is C9H10AsN. The van der Waals surface area contributed by atoms with Crippen LogP contribution in [0, 0.1) is 0 Å². The van der Waals surface area contributed by atoms with Crippen molar-refractivity contribution in [1.82, 2.24) is 0 Å². The Morgan fingerprint density at radius 3 is 2.82 bits per heavy atom. The Morgan fingerprint density at radius 2 is 2.00 bits per heavy atom. The minimum absolute atomic E-state index is 0.749. The van der Waals surface area contributed by atoms with Crippen LogP contribution in [0.1, 0.15) is 11.1 Å². The van der Waals surface area contributed by atoms with Crippen LogP contribution in [0.3, 0.4) is 0 Å². The van der Waals surface area contributed by atoms with Crippen molar-refractivity contribution in [3.8, 4) is 0 Å². The zero-order chi connectivity index (χ0) is 7.84. The van der Waals surface area contributed by atoms with Gasteiger partial charge in [-0.15, -0.1) is 0 Å². The molecule has 56 valence electrons. The Balaban J connectivity index is 2.43. The van der Waals surface area contributed by atoms with E-state index in [9.17, 15) is 0 Å². The number of fused-ring (bicyclic) bond motifs is 1. The monoisotopic (exact) mass is 207 g/mol. The Labute approximate surface area is 75.5 Å². The van der Waals surface area contributed by atoms with E-state index in [-0.39, 0.29) is 0 Å². The van der Waals surface area contributed by atoms with E-state index in [0.717, 1.165) is 10.4 Å². The summed E-state index contributed by atoms with van der Waals surface area (Å²) in [7, 11) is 0. The van der Waals surface area contributed by atoms with Crippen LogP contribution in [0.4, 0.5) is 5.69 Å². The van der Waals surface area contributed by atoms with E-state index in [4.69, 9.17) is 5.73 Å². The van der Waals surface area contributed by atoms with Crippen LogP contribution in [0.15, 0.2) is 18.2 Å². The fraction of sp³-hybridized carbons (Fsp3) is 0.333. The molecule has 11 heavy (non-hydrogen) atoms. The summed E-state index contributed by atoms with van der Waals surface area (Å²) in [5.74, 6) is 0. The van der Waals surface area contributed by atoms with Crippen LogP contribution in [-0.4, -0.2) is 16.9 Å². The van der Waals surface area contributed by atoms with E-state index in [1.807, 2.05) is 6.07 Å². The van der Waals surface area contributed by atoms with E-state index in [1.165, 1.54) is 24.0 Å². The second-order valence-electron chi connectivity index (χ2n) is 3.09. The van der Waals surface area contributed by atoms with Gasteiger partial charge in [0.05, 0.1) is 0 Å². The maximum absolute atomic E-state index is 5.67. The van der Waals surface area contributed by atoms with Gasteiger partial charge in [-0.3, -0.25) is 0 Å². The molecule has 0 aromatic heterocycles. The third-order valence-electron chi connectivity index (χ3n) is 2.14. The molecule has 2 radical (unpaired) electrons. The van der Waals surface area contributed by atoms with Gasteiger partial charge < -0.3 is 0 Å². The van der Waals surface area contributed by atoms with Crippen molar-refractivity contribution < 1.29 is 0 Å². The van der Waals surface area contributed by atoms with Gasteiger partial charge in [0.2, 0.25) is 0 Å². The molecule has 0 aliphatic heterocycles. The first kappa shape index (κ1) is 7.24. The number of nitrogen functional groups attached to an aromatic ring is 1. The summed E-state index contributed by atoms with van der Waals surface area (Å²) in [5, 5.41) is 0. The van der Waals surface area contributed by atoms with Crippen LogP contribution in [0.2, 0.25) is 4.71 Å². The van der Waals surface area contributed by atoms with Gasteiger partial charge in [0.1, 0.15) is 0 Å². The first-order valence-corrected chi connectivity index (χ1v) is 4.89. The van der Waals surface area contributed by atoms with Crippen molar-refractivity contribution in [2.45, 2.75) is 17.5 Å². The van der Waals surface area contributed by atoms with Crippen molar-refractivity contribution in [3.05, 3.63) is 29.3 Å². The second-order valence-corrected chi connectivity index (χ2v) is 4.62. The average molecular weight is 207 g/mol. The standard InChI is InChI=1S/C9H10AsN/c10-8-3-6-1-2-9(11)5-7(6)4-8/h1-2,5,8H,3-4,11H2/t8-/m0/s1. The molecule has 1 aliphatic carbocycles. The number of hydrogen-bond donors (Lipinski definition) is 1. The molecule has 0 unspecified atom stereocenters. The van der Waals surface area contributed by atoms with Crippen molar-refractivity contribution in [2.75, 3.05) is 5.73 Å². The molecule has 0 spiro atoms. The summed E-state index contributed by atoms with van der Waals surface area (Å²) in [6, 6.07) is 6.24. The molecule has 1 aliphatic rings. The molecule has 2 N–H and O–H groups in total. The van der Waals surface area contributed by atoms with Gasteiger partial charge in [-0.1, -0.05) is 0 Å². The predicted octanol–water partition coefficient (Wildman–Crippen LogP) is 1.32. The van der Waals surface area contributed by atoms with E-state index >= 15 is 0 Å². The molecule has 1 aromatic carbocycles. The fourth-order valence-corrected chi connectivity index (χ4v) is 2.44. The minimum atomic E-state index is 0.749. The van der Waals surface area contributed by atoms with Gasteiger partial charge in [0.25, 0.3) is 0 Å². The third kappa shape index (κ3) is 1.30. The van der Waals surface area contributed by atoms with Crippen molar-refractivity contribution in [1.29, 1.82) is 0 Å². The fourth-order valence-electron chi connectivity index (χ4n) is 1.61. The molecule has 0 heterocycles. The Bertz CT molecular complexity index is 283. The Kier molecular flexibility index (Phi) is 1.69. The Morgan fingerprint density at radius 1 is 1.27 bits per heavy atom. The number of rotatable bonds is 0. The topological polar surface area (TPSA) is 26.0 Å². The predicted molar refractivity (Wildman–Crippen MR) is 47.8 cm³/mol. The molecule has 0 amide bonds. The zero-order valence-electron chi connectivity index (χ0n) is 6.25. The molecule has 0 bridgehead atoms. The summed E-state index contributed by atoms with van der Waals surface area (Å²) in [6.07, 6.45) is 2.38. The summed E-state index contributed by atoms with van der Waals surface area (Å²) < 4.78 is 0.749. The van der Waals surface area contributed by atoms with E-state index in [0.29, 0.717) is 0 Å². The normalized spacial score (nSPS) is 21.7. The number of nitrogens with two attached hydrogens (primary N) is 1. The summed E-state index contributed by atoms with van der Waals surface area (Å²) in [5.41, 5.74) is 9.48. The van der Waals surface area contributed by atoms with Gasteiger partial charge in [0.15, 0.2) is 0 Å². The van der Waals surface area contributed by atoms with Gasteiger partial charge >= 0.3 is 75.1 Å². The quantitative estimate of drug-likeness (QED) is 0.504. The molecule has 0 saturated carbocycles. The third-order valence-corrected chi connectivity index (χ3v) is 2.91. The number of anilines is 1. The molecule has 1 nitrogen and oxygen atoms in total. The maximum atomic E-state index is 5.67. The molecular weight excluding hydrogens is 197 g/mol. The van der Waals surface area contributed by atoms with E-state index in [2.05, 4.69) is 29.0 Å². The van der Waals surface area contributed by atoms with Gasteiger partial charge in [-0.2, -0.15) is 0 Å². The van der Waals surface area contributed by atoms with E-state index < -0.39 is 0 Å². The molecule has 0 saturated heterocycles. The van der Waals surface area contributed by atoms with Gasteiger partial charge in [-0.05, 0) is 0 Å². The number of hydrogen-bond acceptors (Lipinski definition) is 1. The van der Waals surface area contributed by atoms with Crippen molar-refractivity contribution in [3.63, 3.8) is 0 Å². The van der Waals surface area contributed by atoms with Crippen molar-refractivity contribution in [2.24, 2.45) is 0 Å². The van der Waals surface area contributed by atoms with Crippen LogP contribution in [0.5, 0.6) is 0 Å². The van der Waals surface area contributed by atoms with Crippen molar-refractivity contribution >= 4 is 22.5 Å². The zero-order valence-corrected chi connectivity index (χ0v) is 8.12. The number of benzene rings is 1. The SMILES string of the molecule is Nc1ccc2c(c1)C[C@@H]([As])C2. The summed E-state index contributed by atoms with van der Waals surface area (Å²) in [6.45, 7) is 0. The van der Waals surface area contributed by atoms with Crippen LogP contribution in [-0.2, 0) is 12.8 Å². The summed E-state index contributed by atoms with van der Waals surface area (Å²) in [4.78, 5) is 0. The van der Waals surface area contributed by atoms with Crippen LogP contribution < -0.4 is 5.73 Å². The first-order valence-electron chi connectivity index (χ1n) is 3.81. The van der Waals surface area contributed by atoms with Crippen LogP contribution >= 0.6 is 0 Å². The van der Waals surface area contributed by atoms with Gasteiger partial charge in [0, 0.05) is 0 Å². The molecule has 1 atom stereocenters. The molecule has 2 heteroatoms. The first-order chi connectivity index (χ1) is 5.25.